The van der Waals surface area contributed by atoms with Crippen LogP contribution in [0.2, 0.25) is 0 Å². The molecule has 12 rings (SSSR count). The average Bonchev–Trinajstić information content (AvgIpc) is 3.62. The Bertz CT molecular complexity index is 3440. The van der Waals surface area contributed by atoms with Crippen LogP contribution in [0.25, 0.3) is 94.7 Å². The van der Waals surface area contributed by atoms with Crippen molar-refractivity contribution in [3.8, 4) is 51.0 Å². The van der Waals surface area contributed by atoms with Crippen LogP contribution in [-0.4, -0.2) is 19.5 Å². The molecule has 0 saturated carbocycles. The molecule has 0 radical (unpaired) electrons. The number of benzene rings is 9. The van der Waals surface area contributed by atoms with Gasteiger partial charge in [0.05, 0.1) is 16.7 Å². The van der Waals surface area contributed by atoms with E-state index in [2.05, 4.69) is 187 Å². The highest BCUT2D eigenvalue weighted by Crippen LogP contribution is 2.50. The maximum Gasteiger partial charge on any atom is 0.164 e. The SMILES string of the molecule is c1ccc(C2=C(c3ccccc3)c3cccc4c3c3c5c2cccc5ccc3n4-c2ccccc2-c2ccccc2-c2nc(-c3ccccc3)nc(-c3ccccc3)n2)cc1. The van der Waals surface area contributed by atoms with Gasteiger partial charge in [-0.2, -0.15) is 0 Å². The highest BCUT2D eigenvalue weighted by atomic mass is 15.0. The summed E-state index contributed by atoms with van der Waals surface area (Å²) in [6.45, 7) is 0. The van der Waals surface area contributed by atoms with Gasteiger partial charge in [0.25, 0.3) is 0 Å². The first-order chi connectivity index (χ1) is 30.3. The number of nitrogens with zero attached hydrogens (tertiary/aromatic N) is 4. The lowest BCUT2D eigenvalue weighted by Gasteiger charge is -2.20. The topological polar surface area (TPSA) is 43.6 Å². The fourth-order valence-corrected chi connectivity index (χ4v) is 9.42. The van der Waals surface area contributed by atoms with E-state index in [1.807, 2.05) is 36.4 Å². The molecular weight excluding hydrogens is 741 g/mol. The Morgan fingerprint density at radius 2 is 0.705 bits per heavy atom. The Morgan fingerprint density at radius 3 is 1.31 bits per heavy atom. The zero-order chi connectivity index (χ0) is 40.3. The van der Waals surface area contributed by atoms with Crippen molar-refractivity contribution in [3.05, 3.63) is 241 Å². The van der Waals surface area contributed by atoms with Crippen LogP contribution in [0, 0.1) is 0 Å². The van der Waals surface area contributed by atoms with E-state index >= 15 is 0 Å². The number of rotatable bonds is 7. The summed E-state index contributed by atoms with van der Waals surface area (Å²) in [6.07, 6.45) is 0. The molecule has 0 spiro atoms. The second-order valence-corrected chi connectivity index (χ2v) is 15.5. The summed E-state index contributed by atoms with van der Waals surface area (Å²) in [5, 5.41) is 5.00. The zero-order valence-corrected chi connectivity index (χ0v) is 33.1. The molecule has 61 heavy (non-hydrogen) atoms. The molecule has 4 nitrogen and oxygen atoms in total. The summed E-state index contributed by atoms with van der Waals surface area (Å²) in [4.78, 5) is 15.3. The van der Waals surface area contributed by atoms with Gasteiger partial charge in [0.2, 0.25) is 0 Å². The summed E-state index contributed by atoms with van der Waals surface area (Å²) < 4.78 is 2.48. The van der Waals surface area contributed by atoms with Crippen molar-refractivity contribution in [1.29, 1.82) is 0 Å². The van der Waals surface area contributed by atoms with Gasteiger partial charge in [-0.15, -0.1) is 0 Å². The van der Waals surface area contributed by atoms with Crippen LogP contribution in [0.4, 0.5) is 0 Å². The third-order valence-electron chi connectivity index (χ3n) is 12.0. The van der Waals surface area contributed by atoms with Gasteiger partial charge in [-0.05, 0) is 67.9 Å². The molecule has 0 amide bonds. The van der Waals surface area contributed by atoms with Gasteiger partial charge < -0.3 is 4.57 Å². The monoisotopic (exact) mass is 776 g/mol. The van der Waals surface area contributed by atoms with Crippen molar-refractivity contribution in [1.82, 2.24) is 19.5 Å². The normalized spacial score (nSPS) is 12.2. The first-order valence-corrected chi connectivity index (χ1v) is 20.7. The van der Waals surface area contributed by atoms with Crippen LogP contribution in [-0.2, 0) is 0 Å². The molecular formula is C57H36N4. The third kappa shape index (κ3) is 5.65. The Balaban J connectivity index is 1.14. The van der Waals surface area contributed by atoms with Crippen molar-refractivity contribution in [2.24, 2.45) is 0 Å². The van der Waals surface area contributed by atoms with Crippen molar-refractivity contribution in [2.45, 2.75) is 0 Å². The zero-order valence-electron chi connectivity index (χ0n) is 33.1. The maximum absolute atomic E-state index is 5.18. The van der Waals surface area contributed by atoms with Crippen LogP contribution in [0.1, 0.15) is 22.3 Å². The van der Waals surface area contributed by atoms with Crippen LogP contribution in [0.3, 0.4) is 0 Å². The molecule has 284 valence electrons. The first kappa shape index (κ1) is 34.8. The molecule has 0 atom stereocenters. The number of para-hydroxylation sites is 1. The van der Waals surface area contributed by atoms with E-state index in [1.54, 1.807) is 0 Å². The predicted molar refractivity (Wildman–Crippen MR) is 251 cm³/mol. The van der Waals surface area contributed by atoms with E-state index in [4.69, 9.17) is 15.0 Å². The third-order valence-corrected chi connectivity index (χ3v) is 12.0. The molecule has 0 unspecified atom stereocenters. The van der Waals surface area contributed by atoms with Gasteiger partial charge in [-0.3, -0.25) is 0 Å². The Labute approximate surface area is 353 Å². The smallest absolute Gasteiger partial charge is 0.164 e. The highest BCUT2D eigenvalue weighted by Gasteiger charge is 2.28. The van der Waals surface area contributed by atoms with Crippen LogP contribution < -0.4 is 0 Å². The molecule has 11 aromatic rings. The molecule has 0 N–H and O–H groups in total. The largest absolute Gasteiger partial charge is 0.309 e. The molecule has 1 aliphatic carbocycles. The molecule has 0 fully saturated rings. The van der Waals surface area contributed by atoms with Gasteiger partial charge in [0.15, 0.2) is 17.5 Å². The number of hydrogen-bond acceptors (Lipinski definition) is 3. The van der Waals surface area contributed by atoms with E-state index in [0.29, 0.717) is 17.5 Å². The summed E-state index contributed by atoms with van der Waals surface area (Å²) in [6, 6.07) is 77.6. The second kappa shape index (κ2) is 14.3. The van der Waals surface area contributed by atoms with E-state index in [1.165, 1.54) is 54.9 Å². The van der Waals surface area contributed by atoms with Gasteiger partial charge in [0.1, 0.15) is 0 Å². The highest BCUT2D eigenvalue weighted by molar-refractivity contribution is 6.31. The Hall–Kier alpha value is -8.21. The standard InChI is InChI=1S/C57H36N4/c1-5-19-37(20-6-1)50-45-31-17-27-39-35-36-49-54(52(39)45)53-46(51(50)38-21-7-2-8-22-38)32-18-34-48(53)61(49)47-33-16-15-29-43(47)42-28-13-14-30-44(42)57-59-55(40-23-9-3-10-24-40)58-56(60-57)41-25-11-4-12-26-41/h1-36H. The first-order valence-electron chi connectivity index (χ1n) is 20.7. The molecule has 0 saturated heterocycles. The molecule has 2 aromatic heterocycles. The lowest BCUT2D eigenvalue weighted by molar-refractivity contribution is 1.07. The lowest BCUT2D eigenvalue weighted by atomic mass is 9.85. The quantitative estimate of drug-likeness (QED) is 0.162. The van der Waals surface area contributed by atoms with Gasteiger partial charge in [0, 0.05) is 33.0 Å². The minimum absolute atomic E-state index is 0.624. The maximum atomic E-state index is 5.18. The van der Waals surface area contributed by atoms with Gasteiger partial charge >= 0.3 is 0 Å². The molecule has 9 aromatic carbocycles. The number of aromatic nitrogens is 4. The molecule has 0 bridgehead atoms. The summed E-state index contributed by atoms with van der Waals surface area (Å²) in [5.74, 6) is 1.90. The van der Waals surface area contributed by atoms with Crippen LogP contribution in [0.5, 0.6) is 0 Å². The minimum atomic E-state index is 0.624. The van der Waals surface area contributed by atoms with Crippen molar-refractivity contribution < 1.29 is 0 Å². The summed E-state index contributed by atoms with van der Waals surface area (Å²) in [5.41, 5.74) is 15.7. The minimum Gasteiger partial charge on any atom is -0.309 e. The second-order valence-electron chi connectivity index (χ2n) is 15.5. The molecule has 0 aliphatic heterocycles. The molecule has 1 aliphatic rings. The number of hydrogen-bond donors (Lipinski definition) is 0. The fraction of sp³-hybridized carbons (Fsp3) is 0. The summed E-state index contributed by atoms with van der Waals surface area (Å²) >= 11 is 0. The van der Waals surface area contributed by atoms with Gasteiger partial charge in [-0.1, -0.05) is 200 Å². The van der Waals surface area contributed by atoms with E-state index in [0.717, 1.165) is 44.5 Å². The van der Waals surface area contributed by atoms with Gasteiger partial charge in [-0.25, -0.2) is 15.0 Å². The molecule has 4 heteroatoms. The van der Waals surface area contributed by atoms with Crippen molar-refractivity contribution in [3.63, 3.8) is 0 Å². The van der Waals surface area contributed by atoms with Crippen molar-refractivity contribution in [2.75, 3.05) is 0 Å². The van der Waals surface area contributed by atoms with E-state index in [9.17, 15) is 0 Å². The Kier molecular flexibility index (Phi) is 8.13. The van der Waals surface area contributed by atoms with Crippen LogP contribution in [0.15, 0.2) is 218 Å². The lowest BCUT2D eigenvalue weighted by Crippen LogP contribution is -2.02. The average molecular weight is 777 g/mol. The Morgan fingerprint density at radius 1 is 0.262 bits per heavy atom. The predicted octanol–water partition coefficient (Wildman–Crippen LogP) is 14.1. The van der Waals surface area contributed by atoms with Crippen molar-refractivity contribution >= 4 is 43.7 Å². The van der Waals surface area contributed by atoms with E-state index in [-0.39, 0.29) is 0 Å². The molecule has 2 heterocycles. The fourth-order valence-electron chi connectivity index (χ4n) is 9.42. The summed E-state index contributed by atoms with van der Waals surface area (Å²) in [7, 11) is 0. The van der Waals surface area contributed by atoms with Crippen LogP contribution >= 0.6 is 0 Å². The van der Waals surface area contributed by atoms with E-state index < -0.39 is 0 Å².